The molecule has 25 heavy (non-hydrogen) atoms. The third-order valence-electron chi connectivity index (χ3n) is 5.48. The molecule has 1 spiro atoms. The molecular weight excluding hydrogens is 318 g/mol. The number of likely N-dealkylation sites (tertiary alicyclic amines) is 1. The van der Waals surface area contributed by atoms with E-state index in [1.54, 1.807) is 24.2 Å². The van der Waals surface area contributed by atoms with E-state index in [2.05, 4.69) is 9.88 Å². The van der Waals surface area contributed by atoms with Gasteiger partial charge in [0.1, 0.15) is 5.82 Å². The van der Waals surface area contributed by atoms with Gasteiger partial charge in [-0.1, -0.05) is 0 Å². The summed E-state index contributed by atoms with van der Waals surface area (Å²) in [6, 6.07) is 3.25. The molecule has 2 aromatic heterocycles. The lowest BCUT2D eigenvalue weighted by atomic mass is 9.72. The number of anilines is 1. The van der Waals surface area contributed by atoms with E-state index in [1.807, 2.05) is 24.0 Å². The van der Waals surface area contributed by atoms with E-state index in [9.17, 15) is 9.59 Å². The van der Waals surface area contributed by atoms with Gasteiger partial charge in [0.2, 0.25) is 11.5 Å². The Bertz CT molecular complexity index is 870. The fourth-order valence-corrected chi connectivity index (χ4v) is 4.00. The van der Waals surface area contributed by atoms with Gasteiger partial charge >= 0.3 is 0 Å². The summed E-state index contributed by atoms with van der Waals surface area (Å²) < 4.78 is 3.54. The molecule has 0 saturated carbocycles. The smallest absolute Gasteiger partial charge is 0.250 e. The van der Waals surface area contributed by atoms with Crippen molar-refractivity contribution in [1.29, 1.82) is 0 Å². The van der Waals surface area contributed by atoms with Crippen molar-refractivity contribution in [2.75, 3.05) is 24.5 Å². The molecule has 2 fully saturated rings. The van der Waals surface area contributed by atoms with Gasteiger partial charge in [0.15, 0.2) is 0 Å². The molecule has 0 bridgehead atoms. The quantitative estimate of drug-likeness (QED) is 0.773. The molecular formula is C18H23N5O2. The Morgan fingerprint density at radius 2 is 2.00 bits per heavy atom. The zero-order valence-corrected chi connectivity index (χ0v) is 14.7. The summed E-state index contributed by atoms with van der Waals surface area (Å²) in [5, 5.41) is 0. The van der Waals surface area contributed by atoms with Crippen molar-refractivity contribution >= 4 is 11.6 Å². The number of piperidine rings is 1. The maximum Gasteiger partial charge on any atom is 0.250 e. The highest BCUT2D eigenvalue weighted by atomic mass is 16.2. The van der Waals surface area contributed by atoms with Crippen molar-refractivity contribution in [2.24, 2.45) is 19.5 Å². The highest BCUT2D eigenvalue weighted by Gasteiger charge is 2.54. The van der Waals surface area contributed by atoms with Crippen LogP contribution in [0.2, 0.25) is 0 Å². The average Bonchev–Trinajstić information content (AvgIpc) is 3.00. The molecule has 4 heterocycles. The number of hydrogen-bond donors (Lipinski definition) is 0. The number of amides is 1. The molecule has 0 radical (unpaired) electrons. The molecule has 0 aliphatic carbocycles. The van der Waals surface area contributed by atoms with E-state index < -0.39 is 0 Å². The molecule has 132 valence electrons. The lowest BCUT2D eigenvalue weighted by Gasteiger charge is -2.53. The number of pyridine rings is 1. The second-order valence-corrected chi connectivity index (χ2v) is 7.28. The van der Waals surface area contributed by atoms with Crippen LogP contribution in [0.15, 0.2) is 35.5 Å². The largest absolute Gasteiger partial charge is 0.337 e. The third kappa shape index (κ3) is 2.68. The van der Waals surface area contributed by atoms with Crippen LogP contribution >= 0.6 is 0 Å². The van der Waals surface area contributed by atoms with Crippen molar-refractivity contribution < 1.29 is 4.79 Å². The SMILES string of the molecule is Cn1ccnc1CN1CCC[C@@]2(C1)CN(c1ccc(=O)n(C)c1)C2=O. The highest BCUT2D eigenvalue weighted by Crippen LogP contribution is 2.42. The number of imidazole rings is 1. The minimum absolute atomic E-state index is 0.0645. The number of carbonyl (C=O) groups is 1. The van der Waals surface area contributed by atoms with Crippen molar-refractivity contribution in [2.45, 2.75) is 19.4 Å². The van der Waals surface area contributed by atoms with E-state index in [1.165, 1.54) is 10.6 Å². The number of β-lactam (4-membered cyclic amide) rings is 1. The minimum Gasteiger partial charge on any atom is -0.337 e. The monoisotopic (exact) mass is 341 g/mol. The van der Waals surface area contributed by atoms with Gasteiger partial charge in [-0.2, -0.15) is 0 Å². The first kappa shape index (κ1) is 16.1. The average molecular weight is 341 g/mol. The number of hydrogen-bond acceptors (Lipinski definition) is 4. The summed E-state index contributed by atoms with van der Waals surface area (Å²) in [6.45, 7) is 3.28. The summed E-state index contributed by atoms with van der Waals surface area (Å²) >= 11 is 0. The molecule has 2 aliphatic heterocycles. The van der Waals surface area contributed by atoms with E-state index in [0.717, 1.165) is 50.5 Å². The predicted octanol–water partition coefficient (Wildman–Crippen LogP) is 0.748. The van der Waals surface area contributed by atoms with Crippen LogP contribution in [0.25, 0.3) is 0 Å². The van der Waals surface area contributed by atoms with Crippen LogP contribution in [0.1, 0.15) is 18.7 Å². The first-order valence-electron chi connectivity index (χ1n) is 8.66. The Hall–Kier alpha value is -2.41. The fraction of sp³-hybridized carbons (Fsp3) is 0.500. The minimum atomic E-state index is -0.280. The maximum absolute atomic E-state index is 12.9. The zero-order valence-electron chi connectivity index (χ0n) is 14.7. The van der Waals surface area contributed by atoms with Crippen LogP contribution in [0, 0.1) is 5.41 Å². The summed E-state index contributed by atoms with van der Waals surface area (Å²) in [5.74, 6) is 1.20. The number of carbonyl (C=O) groups excluding carboxylic acids is 1. The Morgan fingerprint density at radius 3 is 2.68 bits per heavy atom. The summed E-state index contributed by atoms with van der Waals surface area (Å²) in [6.07, 6.45) is 7.46. The molecule has 7 nitrogen and oxygen atoms in total. The van der Waals surface area contributed by atoms with E-state index in [-0.39, 0.29) is 16.9 Å². The molecule has 4 rings (SSSR count). The summed E-state index contributed by atoms with van der Waals surface area (Å²) in [5.41, 5.74) is 0.460. The Labute approximate surface area is 146 Å². The topological polar surface area (TPSA) is 63.4 Å². The van der Waals surface area contributed by atoms with Crippen LogP contribution in [0.5, 0.6) is 0 Å². The molecule has 1 amide bonds. The van der Waals surface area contributed by atoms with Gasteiger partial charge in [-0.15, -0.1) is 0 Å². The van der Waals surface area contributed by atoms with Crippen molar-refractivity contribution in [3.63, 3.8) is 0 Å². The van der Waals surface area contributed by atoms with Crippen LogP contribution < -0.4 is 10.5 Å². The van der Waals surface area contributed by atoms with Gasteiger partial charge in [-0.25, -0.2) is 4.98 Å². The van der Waals surface area contributed by atoms with Crippen LogP contribution in [-0.2, 0) is 25.4 Å². The standard InChI is InChI=1S/C18H23N5O2/c1-20-9-7-19-15(20)11-22-8-3-6-18(12-22)13-23(17(18)25)14-4-5-16(24)21(2)10-14/h4-5,7,9-10H,3,6,8,11-13H2,1-2H3/t18-/m1/s1. The maximum atomic E-state index is 12.9. The van der Waals surface area contributed by atoms with Crippen molar-refractivity contribution in [3.8, 4) is 0 Å². The lowest BCUT2D eigenvalue weighted by molar-refractivity contribution is -0.139. The van der Waals surface area contributed by atoms with Crippen LogP contribution in [0.3, 0.4) is 0 Å². The third-order valence-corrected chi connectivity index (χ3v) is 5.48. The Balaban J connectivity index is 1.48. The van der Waals surface area contributed by atoms with E-state index in [4.69, 9.17) is 0 Å². The summed E-state index contributed by atoms with van der Waals surface area (Å²) in [7, 11) is 3.71. The van der Waals surface area contributed by atoms with Gasteiger partial charge in [-0.05, 0) is 25.5 Å². The number of aromatic nitrogens is 3. The molecule has 0 N–H and O–H groups in total. The zero-order chi connectivity index (χ0) is 17.6. The Kier molecular flexibility index (Phi) is 3.76. The van der Waals surface area contributed by atoms with Crippen LogP contribution in [0.4, 0.5) is 5.69 Å². The normalized spacial score (nSPS) is 23.9. The lowest BCUT2D eigenvalue weighted by Crippen LogP contribution is -2.67. The fourth-order valence-electron chi connectivity index (χ4n) is 4.00. The molecule has 7 heteroatoms. The van der Waals surface area contributed by atoms with Gasteiger partial charge < -0.3 is 14.0 Å². The first-order chi connectivity index (χ1) is 12.0. The molecule has 0 unspecified atom stereocenters. The van der Waals surface area contributed by atoms with E-state index >= 15 is 0 Å². The Morgan fingerprint density at radius 1 is 1.16 bits per heavy atom. The highest BCUT2D eigenvalue weighted by molar-refractivity contribution is 6.04. The van der Waals surface area contributed by atoms with Gasteiger partial charge in [0.05, 0.1) is 17.6 Å². The van der Waals surface area contributed by atoms with Crippen LogP contribution in [-0.4, -0.2) is 44.6 Å². The molecule has 2 saturated heterocycles. The molecule has 2 aromatic rings. The number of aryl methyl sites for hydroxylation is 2. The second kappa shape index (κ2) is 5.84. The van der Waals surface area contributed by atoms with Crippen molar-refractivity contribution in [1.82, 2.24) is 19.0 Å². The second-order valence-electron chi connectivity index (χ2n) is 7.28. The molecule has 2 aliphatic rings. The summed E-state index contributed by atoms with van der Waals surface area (Å²) in [4.78, 5) is 33.0. The van der Waals surface area contributed by atoms with E-state index in [0.29, 0.717) is 0 Å². The van der Waals surface area contributed by atoms with Gasteiger partial charge in [0, 0.05) is 51.8 Å². The predicted molar refractivity (Wildman–Crippen MR) is 94.2 cm³/mol. The molecule has 0 aromatic carbocycles. The first-order valence-corrected chi connectivity index (χ1v) is 8.66. The number of nitrogens with zero attached hydrogens (tertiary/aromatic N) is 5. The van der Waals surface area contributed by atoms with Gasteiger partial charge in [-0.3, -0.25) is 14.5 Å². The molecule has 1 atom stereocenters. The number of rotatable bonds is 3. The van der Waals surface area contributed by atoms with Gasteiger partial charge in [0.25, 0.3) is 0 Å². The van der Waals surface area contributed by atoms with Crippen molar-refractivity contribution in [3.05, 3.63) is 46.9 Å².